The standard InChI is InChI=1S/C11H20N4O/c1-4-9-14-10(12-5-2)6-11(15-9)13-8(3)7-16/h6,8,16H,4-5,7H2,1-3H3,(H2,12,13,14,15). The molecule has 0 saturated carbocycles. The lowest BCUT2D eigenvalue weighted by atomic mass is 10.3. The van der Waals surface area contributed by atoms with E-state index in [0.717, 1.165) is 30.4 Å². The second-order valence-electron chi connectivity index (χ2n) is 3.67. The summed E-state index contributed by atoms with van der Waals surface area (Å²) in [5, 5.41) is 15.3. The number of aromatic nitrogens is 2. The van der Waals surface area contributed by atoms with Crippen LogP contribution in [0.15, 0.2) is 6.07 Å². The number of aliphatic hydroxyl groups is 1. The molecular weight excluding hydrogens is 204 g/mol. The Morgan fingerprint density at radius 3 is 2.56 bits per heavy atom. The fourth-order valence-corrected chi connectivity index (χ4v) is 1.30. The van der Waals surface area contributed by atoms with Crippen LogP contribution < -0.4 is 10.6 Å². The monoisotopic (exact) mass is 224 g/mol. The van der Waals surface area contributed by atoms with Gasteiger partial charge in [-0.3, -0.25) is 0 Å². The molecule has 0 aromatic carbocycles. The molecule has 90 valence electrons. The molecule has 0 radical (unpaired) electrons. The maximum absolute atomic E-state index is 8.97. The van der Waals surface area contributed by atoms with E-state index in [0.29, 0.717) is 0 Å². The molecule has 5 heteroatoms. The zero-order chi connectivity index (χ0) is 12.0. The van der Waals surface area contributed by atoms with E-state index in [-0.39, 0.29) is 12.6 Å². The Balaban J connectivity index is 2.85. The molecule has 16 heavy (non-hydrogen) atoms. The number of hydrogen-bond donors (Lipinski definition) is 3. The van der Waals surface area contributed by atoms with Crippen LogP contribution in [0, 0.1) is 0 Å². The van der Waals surface area contributed by atoms with Crippen molar-refractivity contribution < 1.29 is 5.11 Å². The molecule has 1 rings (SSSR count). The number of anilines is 2. The predicted octanol–water partition coefficient (Wildman–Crippen LogP) is 1.26. The van der Waals surface area contributed by atoms with Crippen molar-refractivity contribution in [2.45, 2.75) is 33.2 Å². The molecular formula is C11H20N4O. The summed E-state index contributed by atoms with van der Waals surface area (Å²) in [6.07, 6.45) is 0.793. The van der Waals surface area contributed by atoms with Gasteiger partial charge in [-0.1, -0.05) is 6.92 Å². The third-order valence-electron chi connectivity index (χ3n) is 2.11. The molecule has 3 N–H and O–H groups in total. The Morgan fingerprint density at radius 2 is 2.00 bits per heavy atom. The van der Waals surface area contributed by atoms with E-state index in [1.807, 2.05) is 26.8 Å². The molecule has 0 aliphatic heterocycles. The van der Waals surface area contributed by atoms with Crippen molar-refractivity contribution in [3.05, 3.63) is 11.9 Å². The first kappa shape index (κ1) is 12.7. The van der Waals surface area contributed by atoms with Gasteiger partial charge >= 0.3 is 0 Å². The summed E-state index contributed by atoms with van der Waals surface area (Å²) in [7, 11) is 0. The molecule has 0 spiro atoms. The van der Waals surface area contributed by atoms with E-state index < -0.39 is 0 Å². The molecule has 5 nitrogen and oxygen atoms in total. The van der Waals surface area contributed by atoms with Crippen molar-refractivity contribution in [3.8, 4) is 0 Å². The van der Waals surface area contributed by atoms with Gasteiger partial charge in [0.25, 0.3) is 0 Å². The summed E-state index contributed by atoms with van der Waals surface area (Å²) in [4.78, 5) is 8.70. The molecule has 1 aromatic heterocycles. The molecule has 0 fully saturated rings. The molecule has 1 unspecified atom stereocenters. The lowest BCUT2D eigenvalue weighted by Crippen LogP contribution is -2.20. The quantitative estimate of drug-likeness (QED) is 0.678. The summed E-state index contributed by atoms with van der Waals surface area (Å²) in [5.74, 6) is 2.37. The van der Waals surface area contributed by atoms with Crippen LogP contribution in [0.5, 0.6) is 0 Å². The van der Waals surface area contributed by atoms with Crippen LogP contribution >= 0.6 is 0 Å². The lowest BCUT2D eigenvalue weighted by molar-refractivity contribution is 0.281. The predicted molar refractivity (Wildman–Crippen MR) is 65.7 cm³/mol. The molecule has 1 heterocycles. The normalized spacial score (nSPS) is 12.2. The van der Waals surface area contributed by atoms with Crippen molar-refractivity contribution in [1.29, 1.82) is 0 Å². The first-order valence-corrected chi connectivity index (χ1v) is 5.68. The zero-order valence-corrected chi connectivity index (χ0v) is 10.1. The van der Waals surface area contributed by atoms with Gasteiger partial charge in [-0.2, -0.15) is 0 Å². The fourth-order valence-electron chi connectivity index (χ4n) is 1.30. The van der Waals surface area contributed by atoms with Crippen molar-refractivity contribution >= 4 is 11.6 Å². The molecule has 1 atom stereocenters. The van der Waals surface area contributed by atoms with Gasteiger partial charge < -0.3 is 15.7 Å². The van der Waals surface area contributed by atoms with E-state index in [1.54, 1.807) is 0 Å². The highest BCUT2D eigenvalue weighted by molar-refractivity contribution is 5.48. The highest BCUT2D eigenvalue weighted by atomic mass is 16.3. The first-order chi connectivity index (χ1) is 7.69. The average Bonchev–Trinajstić information content (AvgIpc) is 2.29. The Labute approximate surface area is 96.3 Å². The summed E-state index contributed by atoms with van der Waals surface area (Å²) in [5.41, 5.74) is 0. The van der Waals surface area contributed by atoms with E-state index in [9.17, 15) is 0 Å². The summed E-state index contributed by atoms with van der Waals surface area (Å²) >= 11 is 0. The van der Waals surface area contributed by atoms with Gasteiger partial charge in [0.05, 0.1) is 6.61 Å². The van der Waals surface area contributed by atoms with Crippen molar-refractivity contribution in [1.82, 2.24) is 9.97 Å². The minimum Gasteiger partial charge on any atom is -0.394 e. The Kier molecular flexibility index (Phi) is 4.98. The van der Waals surface area contributed by atoms with Gasteiger partial charge in [-0.15, -0.1) is 0 Å². The first-order valence-electron chi connectivity index (χ1n) is 5.68. The van der Waals surface area contributed by atoms with Gasteiger partial charge in [0.15, 0.2) is 0 Å². The van der Waals surface area contributed by atoms with Gasteiger partial charge in [-0.05, 0) is 13.8 Å². The number of aliphatic hydroxyl groups excluding tert-OH is 1. The van der Waals surface area contributed by atoms with E-state index in [4.69, 9.17) is 5.11 Å². The highest BCUT2D eigenvalue weighted by Gasteiger charge is 2.05. The third-order valence-corrected chi connectivity index (χ3v) is 2.11. The maximum atomic E-state index is 8.97. The number of aryl methyl sites for hydroxylation is 1. The van der Waals surface area contributed by atoms with Crippen molar-refractivity contribution in [2.75, 3.05) is 23.8 Å². The second kappa shape index (κ2) is 6.27. The molecule has 0 aliphatic rings. The van der Waals surface area contributed by atoms with Gasteiger partial charge in [0.2, 0.25) is 0 Å². The van der Waals surface area contributed by atoms with Gasteiger partial charge in [0.1, 0.15) is 17.5 Å². The topological polar surface area (TPSA) is 70.1 Å². The highest BCUT2D eigenvalue weighted by Crippen LogP contribution is 2.12. The largest absolute Gasteiger partial charge is 0.394 e. The molecule has 0 amide bonds. The second-order valence-corrected chi connectivity index (χ2v) is 3.67. The Morgan fingerprint density at radius 1 is 1.31 bits per heavy atom. The van der Waals surface area contributed by atoms with Crippen LogP contribution in [0.1, 0.15) is 26.6 Å². The van der Waals surface area contributed by atoms with Crippen LogP contribution in [0.2, 0.25) is 0 Å². The number of rotatable bonds is 6. The van der Waals surface area contributed by atoms with E-state index in [1.165, 1.54) is 0 Å². The van der Waals surface area contributed by atoms with Crippen molar-refractivity contribution in [2.24, 2.45) is 0 Å². The zero-order valence-electron chi connectivity index (χ0n) is 10.1. The van der Waals surface area contributed by atoms with Crippen molar-refractivity contribution in [3.63, 3.8) is 0 Å². The van der Waals surface area contributed by atoms with Crippen LogP contribution in [0.4, 0.5) is 11.6 Å². The number of nitrogens with zero attached hydrogens (tertiary/aromatic N) is 2. The van der Waals surface area contributed by atoms with Crippen LogP contribution in [-0.2, 0) is 6.42 Å². The molecule has 1 aromatic rings. The smallest absolute Gasteiger partial charge is 0.132 e. The van der Waals surface area contributed by atoms with Crippen LogP contribution in [0.25, 0.3) is 0 Å². The average molecular weight is 224 g/mol. The van der Waals surface area contributed by atoms with Crippen LogP contribution in [0.3, 0.4) is 0 Å². The summed E-state index contributed by atoms with van der Waals surface area (Å²) in [6.45, 7) is 6.86. The molecule has 0 saturated heterocycles. The SMILES string of the molecule is CCNc1cc(NC(C)CO)nc(CC)n1. The maximum Gasteiger partial charge on any atom is 0.132 e. The van der Waals surface area contributed by atoms with E-state index >= 15 is 0 Å². The van der Waals surface area contributed by atoms with Crippen LogP contribution in [-0.4, -0.2) is 34.3 Å². The van der Waals surface area contributed by atoms with Gasteiger partial charge in [-0.25, -0.2) is 9.97 Å². The fraction of sp³-hybridized carbons (Fsp3) is 0.636. The molecule has 0 aliphatic carbocycles. The summed E-state index contributed by atoms with van der Waals surface area (Å²) < 4.78 is 0. The minimum atomic E-state index is -0.00548. The van der Waals surface area contributed by atoms with E-state index in [2.05, 4.69) is 20.6 Å². The molecule has 0 bridgehead atoms. The third kappa shape index (κ3) is 3.66. The Bertz CT molecular complexity index is 330. The van der Waals surface area contributed by atoms with Gasteiger partial charge in [0, 0.05) is 25.1 Å². The lowest BCUT2D eigenvalue weighted by Gasteiger charge is -2.13. The number of hydrogen-bond acceptors (Lipinski definition) is 5. The number of nitrogens with one attached hydrogen (secondary N) is 2. The summed E-state index contributed by atoms with van der Waals surface area (Å²) in [6, 6.07) is 1.85. The minimum absolute atomic E-state index is 0.00548. The Hall–Kier alpha value is -1.36.